The first-order valence-corrected chi connectivity index (χ1v) is 6.57. The van der Waals surface area contributed by atoms with E-state index in [2.05, 4.69) is 14.9 Å². The predicted octanol–water partition coefficient (Wildman–Crippen LogP) is 0.766. The summed E-state index contributed by atoms with van der Waals surface area (Å²) in [6.45, 7) is 1.67. The van der Waals surface area contributed by atoms with Gasteiger partial charge >= 0.3 is 0 Å². The Hall–Kier alpha value is -0.590. The van der Waals surface area contributed by atoms with E-state index in [1.165, 1.54) is 6.20 Å². The van der Waals surface area contributed by atoms with Gasteiger partial charge in [-0.25, -0.2) is 13.1 Å². The predicted molar refractivity (Wildman–Crippen MR) is 56.3 cm³/mol. The van der Waals surface area contributed by atoms with Gasteiger partial charge in [0.1, 0.15) is 4.90 Å². The number of sulfonamides is 1. The second kappa shape index (κ2) is 3.77. The average molecular weight is 250 g/mol. The molecule has 2 N–H and O–H groups in total. The van der Waals surface area contributed by atoms with Gasteiger partial charge in [0.15, 0.2) is 0 Å². The van der Waals surface area contributed by atoms with Crippen LogP contribution in [0.1, 0.15) is 18.5 Å². The second-order valence-electron chi connectivity index (χ2n) is 3.75. The Morgan fingerprint density at radius 1 is 1.60 bits per heavy atom. The van der Waals surface area contributed by atoms with Crippen molar-refractivity contribution >= 4 is 21.6 Å². The maximum Gasteiger partial charge on any atom is 0.244 e. The summed E-state index contributed by atoms with van der Waals surface area (Å²) in [7, 11) is -3.43. The Morgan fingerprint density at radius 2 is 2.27 bits per heavy atom. The molecular formula is C8H12ClN3O2S. The van der Waals surface area contributed by atoms with Crippen molar-refractivity contribution in [2.24, 2.45) is 0 Å². The van der Waals surface area contributed by atoms with Crippen LogP contribution in [0, 0.1) is 6.92 Å². The number of alkyl halides is 1. The molecule has 7 heteroatoms. The molecule has 5 nitrogen and oxygen atoms in total. The maximum atomic E-state index is 11.8. The van der Waals surface area contributed by atoms with E-state index in [0.29, 0.717) is 18.5 Å². The molecule has 1 aromatic rings. The first-order valence-electron chi connectivity index (χ1n) is 4.65. The molecule has 0 bridgehead atoms. The highest BCUT2D eigenvalue weighted by molar-refractivity contribution is 7.89. The fourth-order valence-corrected chi connectivity index (χ4v) is 3.37. The molecule has 0 aromatic carbocycles. The van der Waals surface area contributed by atoms with Crippen LogP contribution < -0.4 is 4.72 Å². The number of aromatic amines is 1. The summed E-state index contributed by atoms with van der Waals surface area (Å²) in [6, 6.07) is -0.0354. The van der Waals surface area contributed by atoms with Crippen molar-refractivity contribution in [1.29, 1.82) is 0 Å². The van der Waals surface area contributed by atoms with E-state index in [-0.39, 0.29) is 16.3 Å². The minimum Gasteiger partial charge on any atom is -0.281 e. The van der Waals surface area contributed by atoms with Crippen molar-refractivity contribution in [3.05, 3.63) is 11.9 Å². The lowest BCUT2D eigenvalue weighted by molar-refractivity contribution is 0.391. The van der Waals surface area contributed by atoms with Crippen molar-refractivity contribution in [3.63, 3.8) is 0 Å². The molecule has 0 aliphatic heterocycles. The molecule has 1 saturated carbocycles. The number of halogens is 1. The standard InChI is InChI=1S/C8H12ClN3O2S/c1-5-8(4-10-11-5)15(13,14)12-7-2-6(9)3-7/h4,6-7,12H,2-3H2,1H3,(H,10,11). The lowest BCUT2D eigenvalue weighted by atomic mass is 9.94. The van der Waals surface area contributed by atoms with Gasteiger partial charge in [-0.15, -0.1) is 11.6 Å². The zero-order valence-electron chi connectivity index (χ0n) is 8.20. The monoisotopic (exact) mass is 249 g/mol. The summed E-state index contributed by atoms with van der Waals surface area (Å²) in [4.78, 5) is 0.209. The number of aromatic nitrogens is 2. The van der Waals surface area contributed by atoms with Gasteiger partial charge in [-0.3, -0.25) is 5.10 Å². The zero-order chi connectivity index (χ0) is 11.1. The summed E-state index contributed by atoms with van der Waals surface area (Å²) in [5, 5.41) is 6.38. The van der Waals surface area contributed by atoms with Crippen LogP contribution in [0.5, 0.6) is 0 Å². The van der Waals surface area contributed by atoms with E-state index in [1.54, 1.807) is 6.92 Å². The van der Waals surface area contributed by atoms with Crippen LogP contribution in [-0.4, -0.2) is 30.0 Å². The molecule has 1 aliphatic rings. The van der Waals surface area contributed by atoms with Crippen molar-refractivity contribution in [2.45, 2.75) is 36.1 Å². The Balaban J connectivity index is 2.11. The molecule has 0 amide bonds. The van der Waals surface area contributed by atoms with E-state index < -0.39 is 10.0 Å². The largest absolute Gasteiger partial charge is 0.281 e. The molecule has 84 valence electrons. The fourth-order valence-electron chi connectivity index (χ4n) is 1.54. The van der Waals surface area contributed by atoms with Crippen molar-refractivity contribution in [3.8, 4) is 0 Å². The van der Waals surface area contributed by atoms with Crippen LogP contribution >= 0.6 is 11.6 Å². The third kappa shape index (κ3) is 2.16. The van der Waals surface area contributed by atoms with E-state index in [9.17, 15) is 8.42 Å². The minimum atomic E-state index is -3.43. The first kappa shape index (κ1) is 10.9. The van der Waals surface area contributed by atoms with Crippen LogP contribution in [-0.2, 0) is 10.0 Å². The highest BCUT2D eigenvalue weighted by Crippen LogP contribution is 2.27. The number of aryl methyl sites for hydroxylation is 1. The molecule has 0 atom stereocenters. The Bertz CT molecular complexity index is 450. The second-order valence-corrected chi connectivity index (χ2v) is 6.05. The summed E-state index contributed by atoms with van der Waals surface area (Å²) in [5.74, 6) is 0. The van der Waals surface area contributed by atoms with Crippen LogP contribution in [0.3, 0.4) is 0 Å². The van der Waals surface area contributed by atoms with Crippen molar-refractivity contribution < 1.29 is 8.42 Å². The molecule has 1 aliphatic carbocycles. The van der Waals surface area contributed by atoms with Gasteiger partial charge in [-0.2, -0.15) is 5.10 Å². The fraction of sp³-hybridized carbons (Fsp3) is 0.625. The Labute approximate surface area is 93.3 Å². The summed E-state index contributed by atoms with van der Waals surface area (Å²) in [6.07, 6.45) is 2.70. The van der Waals surface area contributed by atoms with E-state index in [1.807, 2.05) is 0 Å². The maximum absolute atomic E-state index is 11.8. The van der Waals surface area contributed by atoms with Crippen LogP contribution in [0.25, 0.3) is 0 Å². The zero-order valence-corrected chi connectivity index (χ0v) is 9.77. The van der Waals surface area contributed by atoms with Crippen LogP contribution in [0.2, 0.25) is 0 Å². The summed E-state index contributed by atoms with van der Waals surface area (Å²) in [5.41, 5.74) is 0.546. The van der Waals surface area contributed by atoms with E-state index >= 15 is 0 Å². The lowest BCUT2D eigenvalue weighted by Gasteiger charge is -2.31. The third-order valence-electron chi connectivity index (χ3n) is 2.48. The van der Waals surface area contributed by atoms with E-state index in [0.717, 1.165) is 0 Å². The summed E-state index contributed by atoms with van der Waals surface area (Å²) >= 11 is 5.78. The average Bonchev–Trinajstić information content (AvgIpc) is 2.48. The van der Waals surface area contributed by atoms with Gasteiger partial charge < -0.3 is 0 Å². The number of rotatable bonds is 3. The smallest absolute Gasteiger partial charge is 0.244 e. The topological polar surface area (TPSA) is 74.8 Å². The molecule has 2 rings (SSSR count). The summed E-state index contributed by atoms with van der Waals surface area (Å²) < 4.78 is 26.2. The molecule has 1 aromatic heterocycles. The van der Waals surface area contributed by atoms with E-state index in [4.69, 9.17) is 11.6 Å². The van der Waals surface area contributed by atoms with Crippen LogP contribution in [0.15, 0.2) is 11.1 Å². The number of nitrogens with zero attached hydrogens (tertiary/aromatic N) is 1. The molecule has 15 heavy (non-hydrogen) atoms. The highest BCUT2D eigenvalue weighted by atomic mass is 35.5. The molecule has 0 unspecified atom stereocenters. The third-order valence-corrected chi connectivity index (χ3v) is 4.47. The molecular weight excluding hydrogens is 238 g/mol. The molecule has 0 saturated heterocycles. The number of hydrogen-bond donors (Lipinski definition) is 2. The quantitative estimate of drug-likeness (QED) is 0.777. The Kier molecular flexibility index (Phi) is 2.74. The van der Waals surface area contributed by atoms with Crippen LogP contribution in [0.4, 0.5) is 0 Å². The number of H-pyrrole nitrogens is 1. The molecule has 0 radical (unpaired) electrons. The number of nitrogens with one attached hydrogen (secondary N) is 2. The lowest BCUT2D eigenvalue weighted by Crippen LogP contribution is -2.44. The number of hydrogen-bond acceptors (Lipinski definition) is 3. The molecule has 0 spiro atoms. The molecule has 1 fully saturated rings. The van der Waals surface area contributed by atoms with Crippen molar-refractivity contribution in [1.82, 2.24) is 14.9 Å². The van der Waals surface area contributed by atoms with Gasteiger partial charge in [-0.05, 0) is 19.8 Å². The van der Waals surface area contributed by atoms with Gasteiger partial charge in [0.25, 0.3) is 0 Å². The first-order chi connectivity index (χ1) is 6.99. The van der Waals surface area contributed by atoms with Gasteiger partial charge in [0.2, 0.25) is 10.0 Å². The SMILES string of the molecule is Cc1[nH]ncc1S(=O)(=O)NC1CC(Cl)C1. The van der Waals surface area contributed by atoms with Gasteiger partial charge in [-0.1, -0.05) is 0 Å². The molecule has 1 heterocycles. The minimum absolute atomic E-state index is 0.0354. The van der Waals surface area contributed by atoms with Gasteiger partial charge in [0.05, 0.1) is 11.9 Å². The Morgan fingerprint density at radius 3 is 2.73 bits per heavy atom. The highest BCUT2D eigenvalue weighted by Gasteiger charge is 2.32. The normalized spacial score (nSPS) is 26.3. The van der Waals surface area contributed by atoms with Gasteiger partial charge in [0, 0.05) is 11.4 Å². The van der Waals surface area contributed by atoms with Crippen molar-refractivity contribution in [2.75, 3.05) is 0 Å².